The largest absolute Gasteiger partial charge is 0.320 e. The Bertz CT molecular complexity index is 423. The van der Waals surface area contributed by atoms with Crippen LogP contribution in [0.3, 0.4) is 0 Å². The summed E-state index contributed by atoms with van der Waals surface area (Å²) in [5.74, 6) is -0.236. The third-order valence-corrected chi connectivity index (χ3v) is 2.18. The maximum absolute atomic E-state index is 11.2. The molecule has 5 nitrogen and oxygen atoms in total. The number of halogens is 2. The molecule has 0 unspecified atom stereocenters. The van der Waals surface area contributed by atoms with E-state index >= 15 is 0 Å². The number of nitrogens with one attached hydrogen (secondary N) is 1. The van der Waals surface area contributed by atoms with E-state index in [1.807, 2.05) is 0 Å². The molecule has 0 fully saturated rings. The number of anilines is 1. The van der Waals surface area contributed by atoms with Crippen LogP contribution < -0.4 is 5.32 Å². The predicted octanol–water partition coefficient (Wildman–Crippen LogP) is 2.82. The van der Waals surface area contributed by atoms with E-state index in [0.717, 1.165) is 0 Å². The molecule has 0 aliphatic carbocycles. The molecule has 0 saturated heterocycles. The van der Waals surface area contributed by atoms with Crippen molar-refractivity contribution >= 4 is 40.5 Å². The maximum atomic E-state index is 11.2. The van der Waals surface area contributed by atoms with Gasteiger partial charge in [0.15, 0.2) is 0 Å². The monoisotopic (exact) mass is 262 g/mol. The summed E-state index contributed by atoms with van der Waals surface area (Å²) in [4.78, 5) is 21.3. The lowest BCUT2D eigenvalue weighted by atomic mass is 10.2. The first kappa shape index (κ1) is 12.7. The van der Waals surface area contributed by atoms with Crippen LogP contribution in [0.5, 0.6) is 0 Å². The molecule has 0 spiro atoms. The van der Waals surface area contributed by atoms with Crippen LogP contribution in [0, 0.1) is 10.1 Å². The summed E-state index contributed by atoms with van der Waals surface area (Å²) < 4.78 is 0. The molecule has 0 aliphatic heterocycles. The van der Waals surface area contributed by atoms with E-state index in [1.165, 1.54) is 18.2 Å². The molecule has 1 N–H and O–H groups in total. The predicted molar refractivity (Wildman–Crippen MR) is 62.1 cm³/mol. The molecule has 16 heavy (non-hydrogen) atoms. The van der Waals surface area contributed by atoms with Gasteiger partial charge >= 0.3 is 0 Å². The molecular weight excluding hydrogens is 255 g/mol. The molecule has 0 aliphatic rings. The van der Waals surface area contributed by atoms with E-state index in [1.54, 1.807) is 0 Å². The summed E-state index contributed by atoms with van der Waals surface area (Å²) in [6.07, 6.45) is 0.0885. The molecule has 7 heteroatoms. The van der Waals surface area contributed by atoms with Crippen LogP contribution >= 0.6 is 23.2 Å². The molecule has 0 radical (unpaired) electrons. The molecule has 1 rings (SSSR count). The van der Waals surface area contributed by atoms with E-state index in [0.29, 0.717) is 5.02 Å². The number of hydrogen-bond donors (Lipinski definition) is 1. The second-order valence-corrected chi connectivity index (χ2v) is 3.72. The van der Waals surface area contributed by atoms with Crippen molar-refractivity contribution in [2.24, 2.45) is 0 Å². The highest BCUT2D eigenvalue weighted by atomic mass is 35.5. The highest BCUT2D eigenvalue weighted by Gasteiger charge is 2.15. The highest BCUT2D eigenvalue weighted by Crippen LogP contribution is 2.27. The van der Waals surface area contributed by atoms with E-state index in [9.17, 15) is 14.9 Å². The Morgan fingerprint density at radius 2 is 2.19 bits per heavy atom. The number of alkyl halides is 1. The van der Waals surface area contributed by atoms with Crippen molar-refractivity contribution in [3.63, 3.8) is 0 Å². The molecule has 0 atom stereocenters. The summed E-state index contributed by atoms with van der Waals surface area (Å²) in [6.45, 7) is 0. The molecule has 0 bridgehead atoms. The van der Waals surface area contributed by atoms with Crippen LogP contribution in [0.4, 0.5) is 11.4 Å². The van der Waals surface area contributed by atoms with Crippen LogP contribution in [0.25, 0.3) is 0 Å². The van der Waals surface area contributed by atoms with Crippen LogP contribution in [-0.2, 0) is 4.79 Å². The van der Waals surface area contributed by atoms with Crippen LogP contribution in [-0.4, -0.2) is 16.7 Å². The quantitative estimate of drug-likeness (QED) is 0.515. The first-order valence-electron chi connectivity index (χ1n) is 4.34. The van der Waals surface area contributed by atoms with Gasteiger partial charge in [-0.1, -0.05) is 11.6 Å². The van der Waals surface area contributed by atoms with Crippen molar-refractivity contribution in [3.05, 3.63) is 33.3 Å². The minimum absolute atomic E-state index is 0.0765. The van der Waals surface area contributed by atoms with Gasteiger partial charge in [-0.25, -0.2) is 0 Å². The van der Waals surface area contributed by atoms with Crippen molar-refractivity contribution in [1.82, 2.24) is 0 Å². The second kappa shape index (κ2) is 5.67. The number of nitro benzene ring substituents is 1. The van der Waals surface area contributed by atoms with Crippen molar-refractivity contribution < 1.29 is 9.72 Å². The first-order chi connectivity index (χ1) is 7.54. The molecule has 0 saturated carbocycles. The lowest BCUT2D eigenvalue weighted by molar-refractivity contribution is -0.383. The Morgan fingerprint density at radius 3 is 2.75 bits per heavy atom. The fourth-order valence-electron chi connectivity index (χ4n) is 1.07. The van der Waals surface area contributed by atoms with Gasteiger partial charge in [0, 0.05) is 23.4 Å². The normalized spacial score (nSPS) is 9.88. The summed E-state index contributed by atoms with van der Waals surface area (Å²) in [5, 5.41) is 13.4. The minimum atomic E-state index is -0.591. The molecule has 0 heterocycles. The van der Waals surface area contributed by atoms with E-state index in [2.05, 4.69) is 5.32 Å². The van der Waals surface area contributed by atoms with Crippen molar-refractivity contribution in [2.45, 2.75) is 6.42 Å². The molecular formula is C9H8Cl2N2O3. The number of amides is 1. The van der Waals surface area contributed by atoms with Crippen molar-refractivity contribution in [1.29, 1.82) is 0 Å². The number of nitrogens with zero attached hydrogens (tertiary/aromatic N) is 1. The maximum Gasteiger partial charge on any atom is 0.292 e. The molecule has 0 aromatic heterocycles. The van der Waals surface area contributed by atoms with E-state index in [-0.39, 0.29) is 29.6 Å². The van der Waals surface area contributed by atoms with Gasteiger partial charge in [-0.3, -0.25) is 14.9 Å². The third kappa shape index (κ3) is 3.36. The Kier molecular flexibility index (Phi) is 4.52. The van der Waals surface area contributed by atoms with Gasteiger partial charge in [0.05, 0.1) is 4.92 Å². The summed E-state index contributed by atoms with van der Waals surface area (Å²) in [6, 6.07) is 3.95. The van der Waals surface area contributed by atoms with Crippen LogP contribution in [0.15, 0.2) is 18.2 Å². The van der Waals surface area contributed by atoms with Crippen molar-refractivity contribution in [3.8, 4) is 0 Å². The lowest BCUT2D eigenvalue weighted by Crippen LogP contribution is -2.12. The lowest BCUT2D eigenvalue weighted by Gasteiger charge is -2.05. The second-order valence-electron chi connectivity index (χ2n) is 2.91. The van der Waals surface area contributed by atoms with Gasteiger partial charge < -0.3 is 5.32 Å². The Balaban J connectivity index is 2.96. The summed E-state index contributed by atoms with van der Waals surface area (Å²) >= 11 is 11.1. The number of benzene rings is 1. The van der Waals surface area contributed by atoms with Gasteiger partial charge in [0.25, 0.3) is 5.69 Å². The smallest absolute Gasteiger partial charge is 0.292 e. The zero-order chi connectivity index (χ0) is 12.1. The van der Waals surface area contributed by atoms with Gasteiger partial charge in [0.1, 0.15) is 5.69 Å². The number of carbonyl (C=O) groups excluding carboxylic acids is 1. The Labute approximate surface area is 101 Å². The fraction of sp³-hybridized carbons (Fsp3) is 0.222. The molecule has 1 aromatic carbocycles. The number of nitro groups is 1. The summed E-state index contributed by atoms with van der Waals surface area (Å²) in [7, 11) is 0. The fourth-order valence-corrected chi connectivity index (χ4v) is 1.41. The van der Waals surface area contributed by atoms with E-state index in [4.69, 9.17) is 23.2 Å². The first-order valence-corrected chi connectivity index (χ1v) is 5.25. The average molecular weight is 263 g/mol. The molecule has 1 aromatic rings. The van der Waals surface area contributed by atoms with Crippen LogP contribution in [0.2, 0.25) is 5.02 Å². The Morgan fingerprint density at radius 1 is 1.50 bits per heavy atom. The molecule has 86 valence electrons. The minimum Gasteiger partial charge on any atom is -0.320 e. The van der Waals surface area contributed by atoms with Crippen LogP contribution in [0.1, 0.15) is 6.42 Å². The topological polar surface area (TPSA) is 72.2 Å². The number of rotatable bonds is 4. The molecule has 1 amide bonds. The number of hydrogen-bond acceptors (Lipinski definition) is 3. The SMILES string of the molecule is O=C(CCCl)Nc1cc(Cl)ccc1[N+](=O)[O-]. The summed E-state index contributed by atoms with van der Waals surface area (Å²) in [5.41, 5.74) is -0.125. The Hall–Kier alpha value is -1.33. The zero-order valence-corrected chi connectivity index (χ0v) is 9.59. The van der Waals surface area contributed by atoms with Crippen molar-refractivity contribution in [2.75, 3.05) is 11.2 Å². The standard InChI is InChI=1S/C9H8Cl2N2O3/c10-4-3-9(14)12-7-5-6(11)1-2-8(7)13(15)16/h1-2,5H,3-4H2,(H,12,14). The average Bonchev–Trinajstić information content (AvgIpc) is 2.17. The van der Waals surface area contributed by atoms with Gasteiger partial charge in [-0.15, -0.1) is 11.6 Å². The number of carbonyl (C=O) groups is 1. The zero-order valence-electron chi connectivity index (χ0n) is 8.07. The van der Waals surface area contributed by atoms with Gasteiger partial charge in [0.2, 0.25) is 5.91 Å². The van der Waals surface area contributed by atoms with E-state index < -0.39 is 4.92 Å². The third-order valence-electron chi connectivity index (χ3n) is 1.75. The highest BCUT2D eigenvalue weighted by molar-refractivity contribution is 6.31. The van der Waals surface area contributed by atoms with Gasteiger partial charge in [-0.2, -0.15) is 0 Å². The van der Waals surface area contributed by atoms with Gasteiger partial charge in [-0.05, 0) is 12.1 Å².